The lowest BCUT2D eigenvalue weighted by atomic mass is 10.1. The summed E-state index contributed by atoms with van der Waals surface area (Å²) in [6.45, 7) is 13.4. The molecule has 0 fully saturated rings. The van der Waals surface area contributed by atoms with Crippen LogP contribution in [0.25, 0.3) is 0 Å². The van der Waals surface area contributed by atoms with Gasteiger partial charge in [-0.2, -0.15) is 0 Å². The number of allylic oxidation sites excluding steroid dienone is 4. The maximum atomic E-state index is 12.5. The Kier molecular flexibility index (Phi) is 43.0. The van der Waals surface area contributed by atoms with E-state index in [0.29, 0.717) is 39.1 Å². The van der Waals surface area contributed by atoms with E-state index in [2.05, 4.69) is 56.9 Å². The van der Waals surface area contributed by atoms with Crippen LogP contribution in [0.5, 0.6) is 0 Å². The van der Waals surface area contributed by atoms with Gasteiger partial charge in [-0.1, -0.05) is 123 Å². The van der Waals surface area contributed by atoms with Crippen molar-refractivity contribution in [2.24, 2.45) is 0 Å². The van der Waals surface area contributed by atoms with Gasteiger partial charge in [0.1, 0.15) is 6.10 Å². The van der Waals surface area contributed by atoms with E-state index in [4.69, 9.17) is 18.9 Å². The van der Waals surface area contributed by atoms with Crippen LogP contribution in [0.2, 0.25) is 0 Å². The second-order valence-electron chi connectivity index (χ2n) is 15.6. The van der Waals surface area contributed by atoms with E-state index in [-0.39, 0.29) is 30.9 Å². The van der Waals surface area contributed by atoms with Crippen molar-refractivity contribution in [1.29, 1.82) is 0 Å². The average molecular weight is 794 g/mol. The number of carbonyl (C=O) groups excluding carboxylic acids is 2. The van der Waals surface area contributed by atoms with E-state index in [1.807, 2.05) is 0 Å². The Morgan fingerprint density at radius 3 is 1.64 bits per heavy atom. The molecule has 8 heteroatoms. The number of esters is 2. The van der Waals surface area contributed by atoms with Gasteiger partial charge in [0.15, 0.2) is 6.29 Å². The summed E-state index contributed by atoms with van der Waals surface area (Å²) in [5, 5.41) is 9.56. The predicted molar refractivity (Wildman–Crippen MR) is 235 cm³/mol. The lowest BCUT2D eigenvalue weighted by molar-refractivity contribution is -0.159. The molecule has 0 aliphatic rings. The zero-order valence-corrected chi connectivity index (χ0v) is 37.3. The molecule has 0 aromatic carbocycles. The summed E-state index contributed by atoms with van der Waals surface area (Å²) in [4.78, 5) is 27.2. The molecule has 0 saturated heterocycles. The highest BCUT2D eigenvalue weighted by molar-refractivity contribution is 5.69. The molecule has 0 aliphatic heterocycles. The number of nitrogens with zero attached hydrogens (tertiary/aromatic N) is 1. The first-order valence-electron chi connectivity index (χ1n) is 23.7. The molecule has 0 bridgehead atoms. The summed E-state index contributed by atoms with van der Waals surface area (Å²) < 4.78 is 23.4. The van der Waals surface area contributed by atoms with E-state index < -0.39 is 0 Å². The van der Waals surface area contributed by atoms with Gasteiger partial charge in [0.05, 0.1) is 19.6 Å². The summed E-state index contributed by atoms with van der Waals surface area (Å²) >= 11 is 0. The Balaban J connectivity index is 4.04. The molecule has 0 aromatic heterocycles. The molecule has 1 unspecified atom stereocenters. The Bertz CT molecular complexity index is 871. The van der Waals surface area contributed by atoms with E-state index in [9.17, 15) is 14.7 Å². The fourth-order valence-corrected chi connectivity index (χ4v) is 6.76. The molecule has 0 heterocycles. The minimum atomic E-state index is -0.356. The van der Waals surface area contributed by atoms with Crippen molar-refractivity contribution in [2.45, 2.75) is 226 Å². The maximum Gasteiger partial charge on any atom is 0.306 e. The van der Waals surface area contributed by atoms with E-state index >= 15 is 0 Å². The SMILES string of the molecule is CC/C=C\CCCCOC(CCC(=O)OCCCCCCCN(CCO)CCCCCCCC(=O)OC(CC)CCCCCCCC)OCCCC/C=C\CC. The molecule has 0 amide bonds. The molecular formula is C48H91NO7. The molecule has 8 nitrogen and oxygen atoms in total. The fourth-order valence-electron chi connectivity index (χ4n) is 6.76. The first kappa shape index (κ1) is 54.3. The van der Waals surface area contributed by atoms with Crippen LogP contribution >= 0.6 is 0 Å². The first-order valence-corrected chi connectivity index (χ1v) is 23.7. The smallest absolute Gasteiger partial charge is 0.306 e. The molecule has 1 atom stereocenters. The lowest BCUT2D eigenvalue weighted by Crippen LogP contribution is -2.29. The quantitative estimate of drug-likeness (QED) is 0.0282. The minimum absolute atomic E-state index is 0.0250. The van der Waals surface area contributed by atoms with Crippen molar-refractivity contribution in [3.63, 3.8) is 0 Å². The van der Waals surface area contributed by atoms with E-state index in [1.165, 1.54) is 32.1 Å². The summed E-state index contributed by atoms with van der Waals surface area (Å²) in [6.07, 6.45) is 38.7. The summed E-state index contributed by atoms with van der Waals surface area (Å²) in [7, 11) is 0. The molecule has 1 N–H and O–H groups in total. The van der Waals surface area contributed by atoms with Gasteiger partial charge in [0.25, 0.3) is 0 Å². The fraction of sp³-hybridized carbons (Fsp3) is 0.875. The van der Waals surface area contributed by atoms with Crippen LogP contribution in [0, 0.1) is 0 Å². The number of hydrogen-bond donors (Lipinski definition) is 1. The third-order valence-electron chi connectivity index (χ3n) is 10.3. The van der Waals surface area contributed by atoms with Crippen LogP contribution in [-0.4, -0.2) is 80.4 Å². The average Bonchev–Trinajstić information content (AvgIpc) is 3.20. The Morgan fingerprint density at radius 1 is 0.536 bits per heavy atom. The Morgan fingerprint density at radius 2 is 1.07 bits per heavy atom. The normalized spacial score (nSPS) is 12.5. The first-order chi connectivity index (χ1) is 27.5. The highest BCUT2D eigenvalue weighted by Gasteiger charge is 2.14. The van der Waals surface area contributed by atoms with Gasteiger partial charge in [-0.15, -0.1) is 0 Å². The zero-order valence-electron chi connectivity index (χ0n) is 37.3. The molecule has 0 saturated carbocycles. The van der Waals surface area contributed by atoms with Gasteiger partial charge in [-0.05, 0) is 109 Å². The predicted octanol–water partition coefficient (Wildman–Crippen LogP) is 12.6. The van der Waals surface area contributed by atoms with Gasteiger partial charge < -0.3 is 29.0 Å². The Hall–Kier alpha value is -1.74. The van der Waals surface area contributed by atoms with Crippen molar-refractivity contribution in [2.75, 3.05) is 46.1 Å². The monoisotopic (exact) mass is 794 g/mol. The zero-order chi connectivity index (χ0) is 41.0. The second kappa shape index (κ2) is 44.4. The van der Waals surface area contributed by atoms with Gasteiger partial charge in [-0.25, -0.2) is 0 Å². The maximum absolute atomic E-state index is 12.5. The summed E-state index contributed by atoms with van der Waals surface area (Å²) in [5.74, 6) is -0.194. The van der Waals surface area contributed by atoms with Crippen molar-refractivity contribution in [3.8, 4) is 0 Å². The number of aliphatic hydroxyl groups excluding tert-OH is 1. The number of ether oxygens (including phenoxy) is 4. The standard InChI is InChI=1S/C48H91NO7/c1-5-9-12-15-20-27-34-45(8-4)56-47(52)35-28-21-18-22-29-38-49(40-41-50)39-30-23-19-26-31-42-53-46(51)36-37-48(54-43-32-24-16-13-10-6-2)55-44-33-25-17-14-11-7-3/h10-11,13-14,45,48,50H,5-9,12,15-44H2,1-4H3/b13-10-,14-11-. The van der Waals surface area contributed by atoms with Crippen LogP contribution < -0.4 is 0 Å². The van der Waals surface area contributed by atoms with Gasteiger partial charge in [-0.3, -0.25) is 9.59 Å². The summed E-state index contributed by atoms with van der Waals surface area (Å²) in [5.41, 5.74) is 0. The molecule has 330 valence electrons. The Labute approximate surface area is 346 Å². The number of carbonyl (C=O) groups is 2. The third-order valence-corrected chi connectivity index (χ3v) is 10.3. The molecule has 0 aliphatic carbocycles. The van der Waals surface area contributed by atoms with Crippen molar-refractivity contribution < 1.29 is 33.6 Å². The largest absolute Gasteiger partial charge is 0.466 e. The number of hydrogen-bond acceptors (Lipinski definition) is 8. The molecule has 0 aromatic rings. The van der Waals surface area contributed by atoms with Crippen LogP contribution in [0.1, 0.15) is 214 Å². The lowest BCUT2D eigenvalue weighted by Gasteiger charge is -2.21. The highest BCUT2D eigenvalue weighted by Crippen LogP contribution is 2.15. The number of unbranched alkanes of at least 4 members (excludes halogenated alkanes) is 17. The van der Waals surface area contributed by atoms with Crippen molar-refractivity contribution >= 4 is 11.9 Å². The molecule has 56 heavy (non-hydrogen) atoms. The minimum Gasteiger partial charge on any atom is -0.466 e. The summed E-state index contributed by atoms with van der Waals surface area (Å²) in [6, 6.07) is 0. The molecular weight excluding hydrogens is 703 g/mol. The topological polar surface area (TPSA) is 94.5 Å². The molecule has 0 radical (unpaired) electrons. The third kappa shape index (κ3) is 39.1. The number of aliphatic hydroxyl groups is 1. The highest BCUT2D eigenvalue weighted by atomic mass is 16.7. The second-order valence-corrected chi connectivity index (χ2v) is 15.6. The molecule has 0 spiro atoms. The van der Waals surface area contributed by atoms with Gasteiger partial charge in [0.2, 0.25) is 0 Å². The van der Waals surface area contributed by atoms with Crippen LogP contribution in [0.3, 0.4) is 0 Å². The van der Waals surface area contributed by atoms with E-state index in [1.54, 1.807) is 0 Å². The van der Waals surface area contributed by atoms with Gasteiger partial charge in [0, 0.05) is 32.6 Å². The van der Waals surface area contributed by atoms with Crippen LogP contribution in [0.4, 0.5) is 0 Å². The van der Waals surface area contributed by atoms with Crippen molar-refractivity contribution in [3.05, 3.63) is 24.3 Å². The van der Waals surface area contributed by atoms with Crippen LogP contribution in [-0.2, 0) is 28.5 Å². The van der Waals surface area contributed by atoms with E-state index in [0.717, 1.165) is 154 Å². The van der Waals surface area contributed by atoms with Gasteiger partial charge >= 0.3 is 11.9 Å². The van der Waals surface area contributed by atoms with Crippen LogP contribution in [0.15, 0.2) is 24.3 Å². The number of rotatable bonds is 44. The van der Waals surface area contributed by atoms with Crippen molar-refractivity contribution in [1.82, 2.24) is 4.90 Å². The molecule has 0 rings (SSSR count).